The van der Waals surface area contributed by atoms with Crippen LogP contribution in [0.15, 0.2) is 45.9 Å². The molecule has 3 aromatic rings. The number of aryl methyl sites for hydroxylation is 2. The Hall–Kier alpha value is -2.84. The predicted molar refractivity (Wildman–Crippen MR) is 129 cm³/mol. The normalized spacial score (nSPS) is 11.8. The summed E-state index contributed by atoms with van der Waals surface area (Å²) in [5.41, 5.74) is 4.97. The van der Waals surface area contributed by atoms with Gasteiger partial charge >= 0.3 is 0 Å². The van der Waals surface area contributed by atoms with Gasteiger partial charge in [-0.25, -0.2) is 8.42 Å². The number of furan rings is 1. The summed E-state index contributed by atoms with van der Waals surface area (Å²) >= 11 is 0. The lowest BCUT2D eigenvalue weighted by Gasteiger charge is -2.22. The average molecular weight is 458 g/mol. The first-order valence-electron chi connectivity index (χ1n) is 10.7. The maximum Gasteiger partial charge on any atom is 0.243 e. The number of nitrogens with zero attached hydrogens (tertiary/aromatic N) is 2. The van der Waals surface area contributed by atoms with Gasteiger partial charge in [0.1, 0.15) is 5.58 Å². The van der Waals surface area contributed by atoms with E-state index in [-0.39, 0.29) is 17.2 Å². The lowest BCUT2D eigenvalue weighted by Crippen LogP contribution is -2.30. The maximum absolute atomic E-state index is 13.0. The van der Waals surface area contributed by atoms with E-state index in [4.69, 9.17) is 4.42 Å². The summed E-state index contributed by atoms with van der Waals surface area (Å²) in [4.78, 5) is 14.9. The standard InChI is InChI=1S/C24H31N3O4S/c1-7-27(8-2)32(29,30)19-9-10-22(26(5)6)21(14-19)25-24(28)13-18-15-31-23-12-17(4)16(3)11-20(18)23/h9-12,14-15H,7-8,13H2,1-6H3,(H,25,28). The van der Waals surface area contributed by atoms with E-state index < -0.39 is 10.0 Å². The van der Waals surface area contributed by atoms with Gasteiger partial charge in [0.2, 0.25) is 15.9 Å². The molecule has 0 aliphatic rings. The van der Waals surface area contributed by atoms with Crippen LogP contribution in [0.1, 0.15) is 30.5 Å². The van der Waals surface area contributed by atoms with Gasteiger partial charge in [-0.2, -0.15) is 4.31 Å². The molecule has 172 valence electrons. The van der Waals surface area contributed by atoms with Crippen LogP contribution in [0.5, 0.6) is 0 Å². The van der Waals surface area contributed by atoms with Crippen molar-refractivity contribution < 1.29 is 17.6 Å². The minimum absolute atomic E-state index is 0.120. The van der Waals surface area contributed by atoms with E-state index in [0.29, 0.717) is 18.8 Å². The number of carbonyl (C=O) groups excluding carboxylic acids is 1. The Kier molecular flexibility index (Phi) is 6.95. The van der Waals surface area contributed by atoms with Crippen LogP contribution in [0.3, 0.4) is 0 Å². The van der Waals surface area contributed by atoms with Crippen LogP contribution in [0.25, 0.3) is 11.0 Å². The quantitative estimate of drug-likeness (QED) is 0.544. The second-order valence-electron chi connectivity index (χ2n) is 8.08. The van der Waals surface area contributed by atoms with Crippen molar-refractivity contribution in [2.24, 2.45) is 0 Å². The average Bonchev–Trinajstić information content (AvgIpc) is 3.10. The van der Waals surface area contributed by atoms with Crippen LogP contribution in [0, 0.1) is 13.8 Å². The number of sulfonamides is 1. The SMILES string of the molecule is CCN(CC)S(=O)(=O)c1ccc(N(C)C)c(NC(=O)Cc2coc3cc(C)c(C)cc23)c1. The zero-order valence-electron chi connectivity index (χ0n) is 19.5. The number of nitrogens with one attached hydrogen (secondary N) is 1. The number of carbonyl (C=O) groups is 1. The van der Waals surface area contributed by atoms with Crippen LogP contribution in [0.4, 0.5) is 11.4 Å². The number of rotatable bonds is 8. The number of anilines is 2. The number of hydrogen-bond donors (Lipinski definition) is 1. The Morgan fingerprint density at radius 3 is 2.31 bits per heavy atom. The molecular formula is C24H31N3O4S. The first kappa shape index (κ1) is 23.8. The molecule has 32 heavy (non-hydrogen) atoms. The van der Waals surface area contributed by atoms with Crippen molar-refractivity contribution in [3.63, 3.8) is 0 Å². The van der Waals surface area contributed by atoms with Gasteiger partial charge in [0.15, 0.2) is 0 Å². The molecule has 1 heterocycles. The number of benzene rings is 2. The Labute approximate surface area is 190 Å². The van der Waals surface area contributed by atoms with Crippen molar-refractivity contribution in [2.45, 2.75) is 39.0 Å². The van der Waals surface area contributed by atoms with E-state index >= 15 is 0 Å². The molecule has 0 fully saturated rings. The molecule has 2 aromatic carbocycles. The molecule has 0 radical (unpaired) electrons. The van der Waals surface area contributed by atoms with Crippen LogP contribution in [-0.4, -0.2) is 45.8 Å². The third-order valence-electron chi connectivity index (χ3n) is 5.69. The minimum Gasteiger partial charge on any atom is -0.464 e. The lowest BCUT2D eigenvalue weighted by atomic mass is 10.0. The summed E-state index contributed by atoms with van der Waals surface area (Å²) in [6, 6.07) is 8.82. The monoisotopic (exact) mass is 457 g/mol. The number of fused-ring (bicyclic) bond motifs is 1. The van der Waals surface area contributed by atoms with Crippen LogP contribution in [0.2, 0.25) is 0 Å². The van der Waals surface area contributed by atoms with E-state index in [1.807, 2.05) is 45.0 Å². The van der Waals surface area contributed by atoms with Gasteiger partial charge in [-0.15, -0.1) is 0 Å². The molecule has 1 amide bonds. The van der Waals surface area contributed by atoms with Crippen molar-refractivity contribution in [3.8, 4) is 0 Å². The van der Waals surface area contributed by atoms with Crippen molar-refractivity contribution in [2.75, 3.05) is 37.4 Å². The molecule has 3 rings (SSSR count). The zero-order chi connectivity index (χ0) is 23.6. The fraction of sp³-hybridized carbons (Fsp3) is 0.375. The van der Waals surface area contributed by atoms with Crippen LogP contribution in [-0.2, 0) is 21.2 Å². The van der Waals surface area contributed by atoms with Crippen molar-refractivity contribution in [1.29, 1.82) is 0 Å². The zero-order valence-corrected chi connectivity index (χ0v) is 20.3. The fourth-order valence-electron chi connectivity index (χ4n) is 3.72. The van der Waals surface area contributed by atoms with E-state index in [1.54, 1.807) is 32.2 Å². The lowest BCUT2D eigenvalue weighted by molar-refractivity contribution is -0.115. The van der Waals surface area contributed by atoms with E-state index in [0.717, 1.165) is 33.3 Å². The second-order valence-corrected chi connectivity index (χ2v) is 10.0. The molecule has 0 aliphatic carbocycles. The molecule has 0 aliphatic heterocycles. The topological polar surface area (TPSA) is 82.9 Å². The Balaban J connectivity index is 1.92. The molecule has 0 saturated heterocycles. The highest BCUT2D eigenvalue weighted by molar-refractivity contribution is 7.89. The van der Waals surface area contributed by atoms with E-state index in [1.165, 1.54) is 10.4 Å². The highest BCUT2D eigenvalue weighted by atomic mass is 32.2. The molecule has 0 bridgehead atoms. The van der Waals surface area contributed by atoms with E-state index in [2.05, 4.69) is 5.32 Å². The molecule has 0 unspecified atom stereocenters. The van der Waals surface area contributed by atoms with Gasteiger partial charge in [0.05, 0.1) is 29.0 Å². The van der Waals surface area contributed by atoms with Crippen molar-refractivity contribution in [1.82, 2.24) is 4.31 Å². The molecule has 7 nitrogen and oxygen atoms in total. The summed E-state index contributed by atoms with van der Waals surface area (Å²) in [6.45, 7) is 8.40. The molecule has 0 saturated carbocycles. The van der Waals surface area contributed by atoms with Gasteiger partial charge in [-0.3, -0.25) is 4.79 Å². The van der Waals surface area contributed by atoms with Crippen molar-refractivity contribution in [3.05, 3.63) is 53.3 Å². The molecule has 0 spiro atoms. The first-order chi connectivity index (χ1) is 15.1. The molecule has 1 aromatic heterocycles. The number of hydrogen-bond acceptors (Lipinski definition) is 5. The van der Waals surface area contributed by atoms with E-state index in [9.17, 15) is 13.2 Å². The third-order valence-corrected chi connectivity index (χ3v) is 7.73. The maximum atomic E-state index is 13.0. The summed E-state index contributed by atoms with van der Waals surface area (Å²) in [7, 11) is 0.0499. The van der Waals surface area contributed by atoms with Gasteiger partial charge in [-0.05, 0) is 55.3 Å². The van der Waals surface area contributed by atoms with Gasteiger partial charge in [0, 0.05) is 38.1 Å². The molecule has 0 atom stereocenters. The summed E-state index contributed by atoms with van der Waals surface area (Å²) < 4.78 is 33.0. The molecular weight excluding hydrogens is 426 g/mol. The highest BCUT2D eigenvalue weighted by Gasteiger charge is 2.23. The van der Waals surface area contributed by atoms with Crippen molar-refractivity contribution >= 4 is 38.3 Å². The smallest absolute Gasteiger partial charge is 0.243 e. The minimum atomic E-state index is -3.64. The summed E-state index contributed by atoms with van der Waals surface area (Å²) in [6.07, 6.45) is 1.73. The largest absolute Gasteiger partial charge is 0.464 e. The Bertz CT molecular complexity index is 1240. The fourth-order valence-corrected chi connectivity index (χ4v) is 5.20. The first-order valence-corrected chi connectivity index (χ1v) is 12.1. The van der Waals surface area contributed by atoms with Crippen LogP contribution >= 0.6 is 0 Å². The van der Waals surface area contributed by atoms with Gasteiger partial charge in [-0.1, -0.05) is 13.8 Å². The summed E-state index contributed by atoms with van der Waals surface area (Å²) in [5.74, 6) is -0.244. The third kappa shape index (κ3) is 4.66. The van der Waals surface area contributed by atoms with Crippen LogP contribution < -0.4 is 10.2 Å². The molecule has 8 heteroatoms. The second kappa shape index (κ2) is 9.34. The van der Waals surface area contributed by atoms with Gasteiger partial charge in [0.25, 0.3) is 0 Å². The summed E-state index contributed by atoms with van der Waals surface area (Å²) in [5, 5.41) is 3.81. The Morgan fingerprint density at radius 2 is 1.69 bits per heavy atom. The predicted octanol–water partition coefficient (Wildman–Crippen LogP) is 4.33. The Morgan fingerprint density at radius 1 is 1.03 bits per heavy atom. The number of amides is 1. The van der Waals surface area contributed by atoms with Gasteiger partial charge < -0.3 is 14.6 Å². The highest BCUT2D eigenvalue weighted by Crippen LogP contribution is 2.30. The molecule has 1 N–H and O–H groups in total.